The van der Waals surface area contributed by atoms with Crippen molar-refractivity contribution < 1.29 is 9.53 Å². The maximum absolute atomic E-state index is 11.4. The Morgan fingerprint density at radius 1 is 0.975 bits per heavy atom. The summed E-state index contributed by atoms with van der Waals surface area (Å²) >= 11 is 0. The van der Waals surface area contributed by atoms with Crippen molar-refractivity contribution >= 4 is 23.6 Å². The van der Waals surface area contributed by atoms with E-state index in [2.05, 4.69) is 44.2 Å². The van der Waals surface area contributed by atoms with Crippen molar-refractivity contribution in [3.8, 4) is 6.01 Å². The number of benzene rings is 1. The Balaban J connectivity index is 0.00000237. The van der Waals surface area contributed by atoms with Gasteiger partial charge in [-0.15, -0.1) is 0 Å². The molecule has 0 atom stereocenters. The molecule has 40 heavy (non-hydrogen) atoms. The third kappa shape index (κ3) is 13.7. The number of amides is 1. The number of anilines is 2. The van der Waals surface area contributed by atoms with E-state index in [0.717, 1.165) is 37.4 Å². The number of nitrogens with one attached hydrogen (secondary N) is 1. The highest BCUT2D eigenvalue weighted by atomic mass is 16.5. The predicted octanol–water partition coefficient (Wildman–Crippen LogP) is 6.74. The van der Waals surface area contributed by atoms with E-state index in [1.54, 1.807) is 36.7 Å². The lowest BCUT2D eigenvalue weighted by atomic mass is 10.2. The third-order valence-electron chi connectivity index (χ3n) is 4.88. The highest BCUT2D eigenvalue weighted by molar-refractivity contribution is 5.93. The van der Waals surface area contributed by atoms with Crippen LogP contribution in [0.25, 0.3) is 0 Å². The molecule has 0 aliphatic heterocycles. The maximum atomic E-state index is 11.4. The number of aromatic nitrogens is 3. The van der Waals surface area contributed by atoms with Gasteiger partial charge in [0.05, 0.1) is 24.2 Å². The fourth-order valence-electron chi connectivity index (χ4n) is 3.31. The Hall–Kier alpha value is -4.01. The minimum atomic E-state index is -0.493. The summed E-state index contributed by atoms with van der Waals surface area (Å²) in [7, 11) is 0. The first-order valence-corrected chi connectivity index (χ1v) is 14.4. The predicted molar refractivity (Wildman–Crippen MR) is 168 cm³/mol. The molecule has 0 saturated carbocycles. The Labute approximate surface area is 241 Å². The third-order valence-corrected chi connectivity index (χ3v) is 4.88. The number of carbonyl (C=O) groups excluding carboxylic acids is 1. The van der Waals surface area contributed by atoms with Crippen LogP contribution in [-0.4, -0.2) is 46.8 Å². The average molecular weight is 552 g/mol. The smallest absolute Gasteiger partial charge is 0.318 e. The standard InChI is InChI=1S/C25H31N7O2.3C2H6/c1-3-13-32(14-4-2)23-17-22(18-28-31-21-10-7-8-19(16-21)24(26)33)29-25(30-23)34-15-11-20-9-5-6-12-27-20;3*1-2/h5-10,12,16-18,31H,3-4,11,13-15H2,1-2H3,(H2,26,33);3*1-2H3/b28-18+;;;. The Kier molecular flexibility index (Phi) is 20.6. The summed E-state index contributed by atoms with van der Waals surface area (Å²) in [6.45, 7) is 18.5. The van der Waals surface area contributed by atoms with E-state index in [1.165, 1.54) is 0 Å². The molecular formula is C31H49N7O2. The first-order chi connectivity index (χ1) is 19.6. The quantitative estimate of drug-likeness (QED) is 0.178. The van der Waals surface area contributed by atoms with Crippen molar-refractivity contribution in [2.45, 2.75) is 74.7 Å². The zero-order valence-electron chi connectivity index (χ0n) is 25.6. The van der Waals surface area contributed by atoms with Crippen LogP contribution in [0.2, 0.25) is 0 Å². The molecule has 2 aromatic heterocycles. The summed E-state index contributed by atoms with van der Waals surface area (Å²) in [5, 5.41) is 4.27. The van der Waals surface area contributed by atoms with Crippen LogP contribution in [0.15, 0.2) is 59.8 Å². The Bertz CT molecular complexity index is 1090. The second-order valence-electron chi connectivity index (χ2n) is 7.66. The SMILES string of the molecule is CC.CC.CC.CCCN(CCC)c1cc(/C=N/Nc2cccc(C(N)=O)c2)nc(OCCc2ccccn2)n1. The lowest BCUT2D eigenvalue weighted by Gasteiger charge is -2.23. The molecule has 0 spiro atoms. The molecule has 3 rings (SSSR count). The second kappa shape index (κ2) is 22.9. The number of hydrazone groups is 1. The summed E-state index contributed by atoms with van der Waals surface area (Å²) in [5.41, 5.74) is 10.9. The molecule has 3 aromatic rings. The number of hydrogen-bond donors (Lipinski definition) is 2. The number of pyridine rings is 1. The van der Waals surface area contributed by atoms with Crippen LogP contribution in [-0.2, 0) is 6.42 Å². The molecule has 1 aromatic carbocycles. The van der Waals surface area contributed by atoms with Gasteiger partial charge < -0.3 is 15.4 Å². The van der Waals surface area contributed by atoms with Gasteiger partial charge in [0.25, 0.3) is 0 Å². The Morgan fingerprint density at radius 2 is 1.68 bits per heavy atom. The zero-order valence-corrected chi connectivity index (χ0v) is 25.6. The topological polar surface area (TPSA) is 119 Å². The second-order valence-corrected chi connectivity index (χ2v) is 7.66. The lowest BCUT2D eigenvalue weighted by Crippen LogP contribution is -2.26. The van der Waals surface area contributed by atoms with Crippen molar-refractivity contribution in [2.24, 2.45) is 10.8 Å². The van der Waals surface area contributed by atoms with Gasteiger partial charge in [-0.05, 0) is 43.2 Å². The molecule has 220 valence electrons. The molecule has 1 amide bonds. The van der Waals surface area contributed by atoms with Crippen LogP contribution in [0, 0.1) is 0 Å². The number of hydrogen-bond acceptors (Lipinski definition) is 8. The molecular weight excluding hydrogens is 502 g/mol. The highest BCUT2D eigenvalue weighted by Gasteiger charge is 2.11. The molecule has 9 heteroatoms. The van der Waals surface area contributed by atoms with Gasteiger partial charge in [-0.3, -0.25) is 15.2 Å². The summed E-state index contributed by atoms with van der Waals surface area (Å²) in [5.74, 6) is 0.302. The summed E-state index contributed by atoms with van der Waals surface area (Å²) in [6.07, 6.45) is 6.02. The molecule has 0 unspecified atom stereocenters. The lowest BCUT2D eigenvalue weighted by molar-refractivity contribution is 0.100. The van der Waals surface area contributed by atoms with Gasteiger partial charge in [-0.25, -0.2) is 0 Å². The highest BCUT2D eigenvalue weighted by Crippen LogP contribution is 2.17. The average Bonchev–Trinajstić information content (AvgIpc) is 3.01. The van der Waals surface area contributed by atoms with Crippen molar-refractivity contribution in [2.75, 3.05) is 30.0 Å². The monoisotopic (exact) mass is 551 g/mol. The molecule has 0 aliphatic carbocycles. The molecule has 9 nitrogen and oxygen atoms in total. The van der Waals surface area contributed by atoms with Crippen LogP contribution < -0.4 is 20.8 Å². The molecule has 0 fully saturated rings. The number of carbonyl (C=O) groups is 1. The maximum Gasteiger partial charge on any atom is 0.318 e. The number of primary amides is 1. The van der Waals surface area contributed by atoms with E-state index in [0.29, 0.717) is 36.0 Å². The fourth-order valence-corrected chi connectivity index (χ4v) is 3.31. The van der Waals surface area contributed by atoms with E-state index in [-0.39, 0.29) is 0 Å². The van der Waals surface area contributed by atoms with Crippen LogP contribution in [0.5, 0.6) is 6.01 Å². The number of nitrogens with two attached hydrogens (primary N) is 1. The van der Waals surface area contributed by atoms with E-state index >= 15 is 0 Å². The molecule has 0 saturated heterocycles. The first kappa shape index (κ1) is 36.0. The van der Waals surface area contributed by atoms with Crippen molar-refractivity contribution in [1.29, 1.82) is 0 Å². The van der Waals surface area contributed by atoms with Gasteiger partial charge >= 0.3 is 6.01 Å². The molecule has 2 heterocycles. The largest absolute Gasteiger partial charge is 0.463 e. The minimum Gasteiger partial charge on any atom is -0.463 e. The normalized spacial score (nSPS) is 9.70. The molecule has 0 radical (unpaired) electrons. The Morgan fingerprint density at radius 3 is 2.27 bits per heavy atom. The van der Waals surface area contributed by atoms with E-state index in [1.807, 2.05) is 65.8 Å². The number of nitrogens with zero attached hydrogens (tertiary/aromatic N) is 5. The van der Waals surface area contributed by atoms with Gasteiger partial charge in [-0.2, -0.15) is 15.1 Å². The number of rotatable bonds is 13. The van der Waals surface area contributed by atoms with Crippen LogP contribution in [0.3, 0.4) is 0 Å². The molecule has 0 aliphatic rings. The van der Waals surface area contributed by atoms with Crippen molar-refractivity contribution in [1.82, 2.24) is 15.0 Å². The first-order valence-electron chi connectivity index (χ1n) is 14.4. The van der Waals surface area contributed by atoms with E-state index < -0.39 is 5.91 Å². The summed E-state index contributed by atoms with van der Waals surface area (Å²) < 4.78 is 5.88. The molecule has 0 bridgehead atoms. The minimum absolute atomic E-state index is 0.294. The van der Waals surface area contributed by atoms with Gasteiger partial charge in [-0.1, -0.05) is 67.5 Å². The van der Waals surface area contributed by atoms with Crippen LogP contribution >= 0.6 is 0 Å². The summed E-state index contributed by atoms with van der Waals surface area (Å²) in [4.78, 5) is 27.1. The number of ether oxygens (including phenoxy) is 1. The van der Waals surface area contributed by atoms with Crippen molar-refractivity contribution in [3.63, 3.8) is 0 Å². The molecule has 3 N–H and O–H groups in total. The fraction of sp³-hybridized carbons (Fsp3) is 0.452. The van der Waals surface area contributed by atoms with Crippen LogP contribution in [0.1, 0.15) is 90.0 Å². The van der Waals surface area contributed by atoms with Gasteiger partial charge in [0.15, 0.2) is 0 Å². The van der Waals surface area contributed by atoms with Gasteiger partial charge in [0.2, 0.25) is 5.91 Å². The summed E-state index contributed by atoms with van der Waals surface area (Å²) in [6, 6.07) is 14.8. The van der Waals surface area contributed by atoms with E-state index in [9.17, 15) is 4.79 Å². The van der Waals surface area contributed by atoms with E-state index in [4.69, 9.17) is 10.5 Å². The van der Waals surface area contributed by atoms with Crippen LogP contribution in [0.4, 0.5) is 11.5 Å². The van der Waals surface area contributed by atoms with Crippen molar-refractivity contribution in [3.05, 3.63) is 71.7 Å². The zero-order chi connectivity index (χ0) is 30.2. The van der Waals surface area contributed by atoms with Gasteiger partial charge in [0, 0.05) is 43.0 Å². The van der Waals surface area contributed by atoms with Gasteiger partial charge in [0.1, 0.15) is 5.82 Å².